The molecule has 0 bridgehead atoms. The van der Waals surface area contributed by atoms with Crippen LogP contribution < -0.4 is 5.56 Å². The molecule has 0 N–H and O–H groups in total. The van der Waals surface area contributed by atoms with E-state index in [0.717, 1.165) is 5.56 Å². The van der Waals surface area contributed by atoms with Crippen molar-refractivity contribution in [3.63, 3.8) is 0 Å². The summed E-state index contributed by atoms with van der Waals surface area (Å²) in [6.07, 6.45) is 1.58. The standard InChI is InChI=1S/C17H13ClN4O/c1-12-20-21-16(14-5-3-2-4-6-14)17(23)22(12)19-11-13-7-9-15(18)10-8-13/h2-11H,1H3/b19-11+. The van der Waals surface area contributed by atoms with E-state index in [-0.39, 0.29) is 11.3 Å². The third-order valence-electron chi connectivity index (χ3n) is 3.24. The van der Waals surface area contributed by atoms with Crippen LogP contribution in [0.5, 0.6) is 0 Å². The van der Waals surface area contributed by atoms with Gasteiger partial charge in [0, 0.05) is 10.6 Å². The zero-order chi connectivity index (χ0) is 16.2. The van der Waals surface area contributed by atoms with Crippen LogP contribution in [0, 0.1) is 6.92 Å². The number of nitrogens with zero attached hydrogens (tertiary/aromatic N) is 4. The lowest BCUT2D eigenvalue weighted by Crippen LogP contribution is -2.23. The summed E-state index contributed by atoms with van der Waals surface area (Å²) in [6, 6.07) is 16.4. The number of rotatable bonds is 3. The van der Waals surface area contributed by atoms with Crippen LogP contribution in [0.2, 0.25) is 5.02 Å². The first-order valence-corrected chi connectivity index (χ1v) is 7.34. The Bertz CT molecular complexity index is 902. The number of hydrogen-bond donors (Lipinski definition) is 0. The molecule has 2 aromatic carbocycles. The van der Waals surface area contributed by atoms with Crippen molar-refractivity contribution < 1.29 is 0 Å². The van der Waals surface area contributed by atoms with E-state index in [1.807, 2.05) is 42.5 Å². The summed E-state index contributed by atoms with van der Waals surface area (Å²) in [5.41, 5.74) is 1.50. The smallest absolute Gasteiger partial charge is 0.265 e. The molecule has 0 atom stereocenters. The summed E-state index contributed by atoms with van der Waals surface area (Å²) >= 11 is 5.85. The number of aryl methyl sites for hydroxylation is 1. The van der Waals surface area contributed by atoms with Crippen LogP contribution in [-0.4, -0.2) is 21.1 Å². The van der Waals surface area contributed by atoms with Crippen LogP contribution in [0.4, 0.5) is 0 Å². The maximum atomic E-state index is 12.6. The van der Waals surface area contributed by atoms with Gasteiger partial charge in [0.05, 0.1) is 6.21 Å². The zero-order valence-corrected chi connectivity index (χ0v) is 13.1. The highest BCUT2D eigenvalue weighted by atomic mass is 35.5. The van der Waals surface area contributed by atoms with E-state index in [2.05, 4.69) is 15.3 Å². The van der Waals surface area contributed by atoms with Gasteiger partial charge in [-0.2, -0.15) is 9.78 Å². The zero-order valence-electron chi connectivity index (χ0n) is 12.3. The first-order valence-electron chi connectivity index (χ1n) is 6.97. The Morgan fingerprint density at radius 1 is 1.04 bits per heavy atom. The van der Waals surface area contributed by atoms with Crippen molar-refractivity contribution in [2.24, 2.45) is 5.10 Å². The average Bonchev–Trinajstić information content (AvgIpc) is 2.57. The van der Waals surface area contributed by atoms with Gasteiger partial charge in [-0.3, -0.25) is 4.79 Å². The molecule has 1 heterocycles. The van der Waals surface area contributed by atoms with Gasteiger partial charge < -0.3 is 0 Å². The molecule has 0 amide bonds. The Balaban J connectivity index is 2.02. The normalized spacial score (nSPS) is 11.0. The molecule has 0 fully saturated rings. The van der Waals surface area contributed by atoms with E-state index >= 15 is 0 Å². The fraction of sp³-hybridized carbons (Fsp3) is 0.0588. The fourth-order valence-corrected chi connectivity index (χ4v) is 2.17. The van der Waals surface area contributed by atoms with Gasteiger partial charge in [-0.1, -0.05) is 54.1 Å². The van der Waals surface area contributed by atoms with Crippen LogP contribution >= 0.6 is 11.6 Å². The van der Waals surface area contributed by atoms with Gasteiger partial charge in [0.15, 0.2) is 11.5 Å². The van der Waals surface area contributed by atoms with E-state index in [0.29, 0.717) is 16.4 Å². The highest BCUT2D eigenvalue weighted by Crippen LogP contribution is 2.11. The first-order chi connectivity index (χ1) is 11.1. The monoisotopic (exact) mass is 324 g/mol. The SMILES string of the molecule is Cc1nnc(-c2ccccc2)c(=O)n1/N=C/c1ccc(Cl)cc1. The fourth-order valence-electron chi connectivity index (χ4n) is 2.04. The predicted octanol–water partition coefficient (Wildman–Crippen LogP) is 3.15. The Kier molecular flexibility index (Phi) is 4.30. The second kappa shape index (κ2) is 6.54. The van der Waals surface area contributed by atoms with Crippen molar-refractivity contribution >= 4 is 17.8 Å². The molecule has 0 saturated carbocycles. The lowest BCUT2D eigenvalue weighted by Gasteiger charge is -2.05. The number of hydrogen-bond acceptors (Lipinski definition) is 4. The Morgan fingerprint density at radius 2 is 1.74 bits per heavy atom. The van der Waals surface area contributed by atoms with Gasteiger partial charge >= 0.3 is 5.56 Å². The molecular weight excluding hydrogens is 312 g/mol. The van der Waals surface area contributed by atoms with Crippen molar-refractivity contribution in [2.75, 3.05) is 0 Å². The summed E-state index contributed by atoms with van der Waals surface area (Å²) in [6.45, 7) is 1.68. The van der Waals surface area contributed by atoms with E-state index in [4.69, 9.17) is 11.6 Å². The summed E-state index contributed by atoms with van der Waals surface area (Å²) in [5.74, 6) is 0.417. The highest BCUT2D eigenvalue weighted by Gasteiger charge is 2.10. The summed E-state index contributed by atoms with van der Waals surface area (Å²) < 4.78 is 1.24. The molecule has 0 unspecified atom stereocenters. The molecule has 0 saturated heterocycles. The van der Waals surface area contributed by atoms with Crippen LogP contribution in [0.25, 0.3) is 11.3 Å². The Morgan fingerprint density at radius 3 is 2.43 bits per heavy atom. The number of halogens is 1. The molecule has 0 spiro atoms. The lowest BCUT2D eigenvalue weighted by atomic mass is 10.2. The molecule has 6 heteroatoms. The van der Waals surface area contributed by atoms with Gasteiger partial charge in [0.2, 0.25) is 0 Å². The van der Waals surface area contributed by atoms with Gasteiger partial charge in [-0.15, -0.1) is 10.2 Å². The van der Waals surface area contributed by atoms with Gasteiger partial charge in [0.1, 0.15) is 0 Å². The first kappa shape index (κ1) is 15.1. The average molecular weight is 325 g/mol. The van der Waals surface area contributed by atoms with E-state index in [1.165, 1.54) is 4.68 Å². The largest absolute Gasteiger partial charge is 0.301 e. The molecule has 0 aliphatic rings. The van der Waals surface area contributed by atoms with E-state index in [9.17, 15) is 4.79 Å². The van der Waals surface area contributed by atoms with Gasteiger partial charge in [-0.05, 0) is 24.6 Å². The molecule has 0 radical (unpaired) electrons. The van der Waals surface area contributed by atoms with Gasteiger partial charge in [-0.25, -0.2) is 0 Å². The molecule has 3 rings (SSSR count). The third kappa shape index (κ3) is 3.35. The van der Waals surface area contributed by atoms with Crippen LogP contribution in [0.3, 0.4) is 0 Å². The molecule has 3 aromatic rings. The highest BCUT2D eigenvalue weighted by molar-refractivity contribution is 6.30. The van der Waals surface area contributed by atoms with Crippen molar-refractivity contribution in [2.45, 2.75) is 6.92 Å². The Labute approximate surface area is 137 Å². The second-order valence-corrected chi connectivity index (χ2v) is 5.31. The molecular formula is C17H13ClN4O. The third-order valence-corrected chi connectivity index (χ3v) is 3.49. The minimum atomic E-state index is -0.311. The topological polar surface area (TPSA) is 60.1 Å². The molecule has 5 nitrogen and oxygen atoms in total. The van der Waals surface area contributed by atoms with Crippen molar-refractivity contribution in [1.82, 2.24) is 14.9 Å². The maximum Gasteiger partial charge on any atom is 0.301 e. The van der Waals surface area contributed by atoms with Crippen LogP contribution in [-0.2, 0) is 0 Å². The second-order valence-electron chi connectivity index (χ2n) is 4.87. The molecule has 0 aliphatic heterocycles. The van der Waals surface area contributed by atoms with E-state index in [1.54, 1.807) is 25.3 Å². The molecule has 114 valence electrons. The quantitative estimate of drug-likeness (QED) is 0.695. The minimum absolute atomic E-state index is 0.268. The van der Waals surface area contributed by atoms with Crippen LogP contribution in [0.1, 0.15) is 11.4 Å². The molecule has 0 aliphatic carbocycles. The Hall–Kier alpha value is -2.79. The van der Waals surface area contributed by atoms with Crippen molar-refractivity contribution in [3.05, 3.63) is 81.4 Å². The van der Waals surface area contributed by atoms with E-state index < -0.39 is 0 Å². The number of benzene rings is 2. The summed E-state index contributed by atoms with van der Waals surface area (Å²) in [5, 5.41) is 12.9. The molecule has 1 aromatic heterocycles. The minimum Gasteiger partial charge on any atom is -0.265 e. The van der Waals surface area contributed by atoms with Crippen molar-refractivity contribution in [1.29, 1.82) is 0 Å². The maximum absolute atomic E-state index is 12.6. The number of aromatic nitrogens is 3. The summed E-state index contributed by atoms with van der Waals surface area (Å²) in [4.78, 5) is 12.6. The predicted molar refractivity (Wildman–Crippen MR) is 90.9 cm³/mol. The van der Waals surface area contributed by atoms with Crippen molar-refractivity contribution in [3.8, 4) is 11.3 Å². The molecule has 23 heavy (non-hydrogen) atoms. The lowest BCUT2D eigenvalue weighted by molar-refractivity contribution is 0.717. The van der Waals surface area contributed by atoms with Crippen LogP contribution in [0.15, 0.2) is 64.5 Å². The summed E-state index contributed by atoms with van der Waals surface area (Å²) in [7, 11) is 0. The van der Waals surface area contributed by atoms with Gasteiger partial charge in [0.25, 0.3) is 0 Å².